The van der Waals surface area contributed by atoms with Crippen molar-refractivity contribution in [1.29, 1.82) is 0 Å². The molecule has 0 aliphatic carbocycles. The maximum absolute atomic E-state index is 11.5. The van der Waals surface area contributed by atoms with Crippen molar-refractivity contribution in [1.82, 2.24) is 0 Å². The Labute approximate surface area is 154 Å². The molecule has 7 nitrogen and oxygen atoms in total. The Morgan fingerprint density at radius 2 is 1.07 bits per heavy atom. The van der Waals surface area contributed by atoms with Crippen molar-refractivity contribution in [3.8, 4) is 11.5 Å². The zero-order valence-electron chi connectivity index (χ0n) is 14.1. The molecule has 0 fully saturated rings. The number of carbonyl (C=O) groups is 2. The highest BCUT2D eigenvalue weighted by Gasteiger charge is 2.31. The summed E-state index contributed by atoms with van der Waals surface area (Å²) in [5.74, 6) is -4.64. The Hall–Kier alpha value is -3.74. The number of rotatable bonds is 8. The van der Waals surface area contributed by atoms with Crippen molar-refractivity contribution in [3.05, 3.63) is 83.3 Å². The third-order valence-corrected chi connectivity index (χ3v) is 3.66. The largest absolute Gasteiger partial charge is 0.481 e. The van der Waals surface area contributed by atoms with E-state index in [2.05, 4.69) is 0 Å². The lowest BCUT2D eigenvalue weighted by atomic mass is 10.2. The molecule has 0 radical (unpaired) electrons. The fraction of sp³-hybridized carbons (Fsp3) is 0.100. The van der Waals surface area contributed by atoms with Crippen LogP contribution in [-0.4, -0.2) is 22.2 Å². The molecule has 0 bridgehead atoms. The molecule has 0 aliphatic rings. The Bertz CT molecular complexity index is 854. The van der Waals surface area contributed by atoms with E-state index >= 15 is 0 Å². The van der Waals surface area contributed by atoms with Crippen LogP contribution < -0.4 is 9.47 Å². The lowest BCUT2D eigenvalue weighted by molar-refractivity contribution is 0.0626. The standard InChI is InChI=1S/C20H16O7/c21-19(22)17-15(25-11-13-7-3-1-4-8-13)16(18(27-17)20(23)24)26-12-14-9-5-2-6-10-14/h1-10H,11-12H2,(H,21,22)(H,23,24). The number of ether oxygens (including phenoxy) is 2. The SMILES string of the molecule is O=C(O)c1oc(C(=O)O)c(OCc2ccccc2)c1OCc1ccccc1. The summed E-state index contributed by atoms with van der Waals surface area (Å²) >= 11 is 0. The molecule has 1 aromatic heterocycles. The highest BCUT2D eigenvalue weighted by atomic mass is 16.5. The second-order valence-electron chi connectivity index (χ2n) is 5.58. The first-order valence-electron chi connectivity index (χ1n) is 8.03. The fourth-order valence-electron chi connectivity index (χ4n) is 2.40. The van der Waals surface area contributed by atoms with Gasteiger partial charge >= 0.3 is 11.9 Å². The summed E-state index contributed by atoms with van der Waals surface area (Å²) in [6.07, 6.45) is 0. The second-order valence-corrected chi connectivity index (χ2v) is 5.58. The summed E-state index contributed by atoms with van der Waals surface area (Å²) in [4.78, 5) is 22.9. The molecule has 7 heteroatoms. The van der Waals surface area contributed by atoms with Crippen molar-refractivity contribution in [2.75, 3.05) is 0 Å². The molecule has 0 unspecified atom stereocenters. The Morgan fingerprint density at radius 1 is 0.704 bits per heavy atom. The van der Waals surface area contributed by atoms with Crippen LogP contribution >= 0.6 is 0 Å². The van der Waals surface area contributed by atoms with Gasteiger partial charge in [0.25, 0.3) is 11.5 Å². The lowest BCUT2D eigenvalue weighted by Gasteiger charge is -2.10. The van der Waals surface area contributed by atoms with Gasteiger partial charge in [-0.05, 0) is 11.1 Å². The average Bonchev–Trinajstić information content (AvgIpc) is 3.05. The molecule has 3 aromatic rings. The van der Waals surface area contributed by atoms with Gasteiger partial charge in [0.2, 0.25) is 11.5 Å². The van der Waals surface area contributed by atoms with Crippen LogP contribution in [-0.2, 0) is 13.2 Å². The Balaban J connectivity index is 1.92. The summed E-state index contributed by atoms with van der Waals surface area (Å²) in [7, 11) is 0. The summed E-state index contributed by atoms with van der Waals surface area (Å²) in [5.41, 5.74) is 1.56. The fourth-order valence-corrected chi connectivity index (χ4v) is 2.40. The van der Waals surface area contributed by atoms with Gasteiger partial charge in [0.1, 0.15) is 13.2 Å². The summed E-state index contributed by atoms with van der Waals surface area (Å²) < 4.78 is 16.1. The number of benzene rings is 2. The molecule has 2 N–H and O–H groups in total. The van der Waals surface area contributed by atoms with Crippen molar-refractivity contribution in [3.63, 3.8) is 0 Å². The number of carboxylic acids is 2. The molecule has 138 valence electrons. The first-order valence-corrected chi connectivity index (χ1v) is 8.03. The minimum absolute atomic E-state index is 0.0292. The topological polar surface area (TPSA) is 106 Å². The van der Waals surface area contributed by atoms with E-state index in [0.29, 0.717) is 0 Å². The minimum Gasteiger partial charge on any atom is -0.481 e. The number of aromatic carboxylic acids is 2. The zero-order chi connectivity index (χ0) is 19.2. The van der Waals surface area contributed by atoms with Gasteiger partial charge in [0.05, 0.1) is 0 Å². The monoisotopic (exact) mass is 368 g/mol. The minimum atomic E-state index is -1.45. The molecule has 3 rings (SSSR count). The molecule has 0 spiro atoms. The highest BCUT2D eigenvalue weighted by Crippen LogP contribution is 2.39. The molecule has 1 heterocycles. The molecular formula is C20H16O7. The van der Waals surface area contributed by atoms with Crippen LogP contribution in [0.2, 0.25) is 0 Å². The van der Waals surface area contributed by atoms with Gasteiger partial charge in [-0.15, -0.1) is 0 Å². The molecule has 27 heavy (non-hydrogen) atoms. The summed E-state index contributed by atoms with van der Waals surface area (Å²) in [5, 5.41) is 18.7. The van der Waals surface area contributed by atoms with Crippen LogP contribution in [0, 0.1) is 0 Å². The predicted octanol–water partition coefficient (Wildman–Crippen LogP) is 3.83. The lowest BCUT2D eigenvalue weighted by Crippen LogP contribution is -2.04. The van der Waals surface area contributed by atoms with Gasteiger partial charge in [-0.25, -0.2) is 9.59 Å². The van der Waals surface area contributed by atoms with E-state index in [0.717, 1.165) is 11.1 Å². The molecule has 0 amide bonds. The number of hydrogen-bond acceptors (Lipinski definition) is 5. The first-order chi connectivity index (χ1) is 13.1. The van der Waals surface area contributed by atoms with E-state index in [1.165, 1.54) is 0 Å². The van der Waals surface area contributed by atoms with E-state index in [1.54, 1.807) is 24.3 Å². The van der Waals surface area contributed by atoms with Gasteiger partial charge in [-0.3, -0.25) is 0 Å². The zero-order valence-corrected chi connectivity index (χ0v) is 14.1. The Morgan fingerprint density at radius 3 is 1.41 bits per heavy atom. The van der Waals surface area contributed by atoms with Gasteiger partial charge < -0.3 is 24.1 Å². The van der Waals surface area contributed by atoms with Gasteiger partial charge in [0.15, 0.2) is 0 Å². The normalized spacial score (nSPS) is 10.4. The van der Waals surface area contributed by atoms with Crippen LogP contribution in [0.3, 0.4) is 0 Å². The van der Waals surface area contributed by atoms with Crippen LogP contribution in [0.5, 0.6) is 11.5 Å². The van der Waals surface area contributed by atoms with Gasteiger partial charge in [0, 0.05) is 0 Å². The molecule has 0 atom stereocenters. The maximum atomic E-state index is 11.5. The van der Waals surface area contributed by atoms with Crippen molar-refractivity contribution >= 4 is 11.9 Å². The van der Waals surface area contributed by atoms with Crippen LogP contribution in [0.25, 0.3) is 0 Å². The maximum Gasteiger partial charge on any atom is 0.375 e. The van der Waals surface area contributed by atoms with Gasteiger partial charge in [-0.2, -0.15) is 0 Å². The Kier molecular flexibility index (Phi) is 5.41. The van der Waals surface area contributed by atoms with Crippen LogP contribution in [0.4, 0.5) is 0 Å². The van der Waals surface area contributed by atoms with Crippen molar-refractivity contribution in [2.45, 2.75) is 13.2 Å². The molecule has 0 aliphatic heterocycles. The van der Waals surface area contributed by atoms with Crippen molar-refractivity contribution < 1.29 is 33.7 Å². The summed E-state index contributed by atoms with van der Waals surface area (Å²) in [6, 6.07) is 18.1. The third-order valence-electron chi connectivity index (χ3n) is 3.66. The number of hydrogen-bond donors (Lipinski definition) is 2. The second kappa shape index (κ2) is 8.09. The van der Waals surface area contributed by atoms with E-state index in [9.17, 15) is 19.8 Å². The first kappa shape index (κ1) is 18.1. The number of furan rings is 1. The van der Waals surface area contributed by atoms with E-state index in [1.807, 2.05) is 36.4 Å². The molecule has 0 saturated heterocycles. The van der Waals surface area contributed by atoms with E-state index in [-0.39, 0.29) is 24.7 Å². The number of carboxylic acid groups (broad SMARTS) is 2. The quantitative estimate of drug-likeness (QED) is 0.622. The highest BCUT2D eigenvalue weighted by molar-refractivity contribution is 5.95. The molecule has 0 saturated carbocycles. The van der Waals surface area contributed by atoms with E-state index < -0.39 is 23.5 Å². The van der Waals surface area contributed by atoms with Crippen LogP contribution in [0.1, 0.15) is 32.2 Å². The smallest absolute Gasteiger partial charge is 0.375 e. The van der Waals surface area contributed by atoms with E-state index in [4.69, 9.17) is 13.9 Å². The molecular weight excluding hydrogens is 352 g/mol. The third kappa shape index (κ3) is 4.27. The summed E-state index contributed by atoms with van der Waals surface area (Å²) in [6.45, 7) is 0.0584. The van der Waals surface area contributed by atoms with Crippen LogP contribution in [0.15, 0.2) is 65.1 Å². The molecule has 2 aromatic carbocycles. The predicted molar refractivity (Wildman–Crippen MR) is 94.2 cm³/mol. The van der Waals surface area contributed by atoms with Gasteiger partial charge in [-0.1, -0.05) is 60.7 Å². The average molecular weight is 368 g/mol. The van der Waals surface area contributed by atoms with Crippen molar-refractivity contribution in [2.24, 2.45) is 0 Å².